The highest BCUT2D eigenvalue weighted by Gasteiger charge is 2.32. The van der Waals surface area contributed by atoms with Crippen LogP contribution in [0, 0.1) is 0 Å². The molecule has 3 aromatic carbocycles. The van der Waals surface area contributed by atoms with Crippen molar-refractivity contribution in [2.45, 2.75) is 4.90 Å². The van der Waals surface area contributed by atoms with E-state index in [-0.39, 0.29) is 22.1 Å². The third kappa shape index (κ3) is 5.48. The summed E-state index contributed by atoms with van der Waals surface area (Å²) in [6, 6.07) is 21.6. The van der Waals surface area contributed by atoms with Crippen molar-refractivity contribution in [3.8, 4) is 11.1 Å². The SMILES string of the molecule is Nc1[nH]c2c(S(=O)(=O)Nc3ccccc3)c(-c3ccc(Cl)cc3)c(Cl)n2c(=O)c1C(=O)NC(=O)Nc1ccccc1. The third-order valence-electron chi connectivity index (χ3n) is 5.92. The third-order valence-corrected chi connectivity index (χ3v) is 7.97. The number of nitrogens with one attached hydrogen (secondary N) is 4. The predicted molar refractivity (Wildman–Crippen MR) is 158 cm³/mol. The number of benzene rings is 3. The molecule has 0 atom stereocenters. The molecule has 2 aromatic heterocycles. The number of sulfonamides is 1. The van der Waals surface area contributed by atoms with Crippen LogP contribution in [0.3, 0.4) is 0 Å². The fourth-order valence-electron chi connectivity index (χ4n) is 4.15. The molecule has 0 fully saturated rings. The normalized spacial score (nSPS) is 11.3. The topological polar surface area (TPSA) is 168 Å². The largest absolute Gasteiger partial charge is 0.384 e. The molecule has 6 N–H and O–H groups in total. The molecule has 0 aliphatic heterocycles. The lowest BCUT2D eigenvalue weighted by atomic mass is 10.1. The fourth-order valence-corrected chi connectivity index (χ4v) is 6.13. The first-order chi connectivity index (χ1) is 19.6. The van der Waals surface area contributed by atoms with Crippen LogP contribution >= 0.6 is 23.2 Å². The minimum absolute atomic E-state index is 0.0427. The average molecular weight is 611 g/mol. The number of halogens is 2. The van der Waals surface area contributed by atoms with E-state index >= 15 is 0 Å². The average Bonchev–Trinajstić information content (AvgIpc) is 3.22. The quantitative estimate of drug-likeness (QED) is 0.182. The lowest BCUT2D eigenvalue weighted by Crippen LogP contribution is -2.39. The lowest BCUT2D eigenvalue weighted by Gasteiger charge is -2.11. The maximum absolute atomic E-state index is 13.7. The Hall–Kier alpha value is -4.78. The number of para-hydroxylation sites is 2. The molecule has 0 saturated carbocycles. The van der Waals surface area contributed by atoms with Crippen molar-refractivity contribution in [3.05, 3.63) is 111 Å². The van der Waals surface area contributed by atoms with Gasteiger partial charge in [-0.05, 0) is 42.0 Å². The van der Waals surface area contributed by atoms with E-state index in [1.807, 2.05) is 5.32 Å². The Morgan fingerprint density at radius 1 is 0.854 bits per heavy atom. The summed E-state index contributed by atoms with van der Waals surface area (Å²) < 4.78 is 30.8. The number of rotatable bonds is 6. The van der Waals surface area contributed by atoms with Gasteiger partial charge in [0.2, 0.25) is 0 Å². The molecule has 5 aromatic rings. The zero-order valence-corrected chi connectivity index (χ0v) is 23.1. The number of carbonyl (C=O) groups is 2. The van der Waals surface area contributed by atoms with Gasteiger partial charge in [0.05, 0.1) is 0 Å². The van der Waals surface area contributed by atoms with Crippen LogP contribution in [0.1, 0.15) is 10.4 Å². The summed E-state index contributed by atoms with van der Waals surface area (Å²) in [6.45, 7) is 0. The van der Waals surface area contributed by atoms with E-state index < -0.39 is 43.8 Å². The van der Waals surface area contributed by atoms with Crippen molar-refractivity contribution in [1.82, 2.24) is 14.7 Å². The molecule has 41 heavy (non-hydrogen) atoms. The van der Waals surface area contributed by atoms with Crippen LogP contribution in [0.25, 0.3) is 16.8 Å². The summed E-state index contributed by atoms with van der Waals surface area (Å²) in [5.41, 5.74) is 4.99. The van der Waals surface area contributed by atoms with Crippen LogP contribution in [-0.2, 0) is 10.0 Å². The molecule has 208 valence electrons. The van der Waals surface area contributed by atoms with Crippen molar-refractivity contribution >= 4 is 68.0 Å². The smallest absolute Gasteiger partial charge is 0.326 e. The maximum Gasteiger partial charge on any atom is 0.326 e. The molecule has 3 amide bonds. The second-order valence-electron chi connectivity index (χ2n) is 8.65. The number of nitrogen functional groups attached to an aromatic ring is 1. The summed E-state index contributed by atoms with van der Waals surface area (Å²) in [5, 5.41) is 4.56. The Labute approximate surface area is 243 Å². The number of aromatic nitrogens is 2. The number of nitrogens with zero attached hydrogens (tertiary/aromatic N) is 1. The number of aromatic amines is 1. The van der Waals surface area contributed by atoms with Gasteiger partial charge >= 0.3 is 6.03 Å². The summed E-state index contributed by atoms with van der Waals surface area (Å²) in [5.74, 6) is -1.62. The van der Waals surface area contributed by atoms with Gasteiger partial charge in [-0.2, -0.15) is 0 Å². The molecule has 0 unspecified atom stereocenters. The van der Waals surface area contributed by atoms with Crippen molar-refractivity contribution < 1.29 is 18.0 Å². The van der Waals surface area contributed by atoms with Crippen LogP contribution in [0.5, 0.6) is 0 Å². The molecule has 0 bridgehead atoms. The van der Waals surface area contributed by atoms with Crippen molar-refractivity contribution in [2.75, 3.05) is 15.8 Å². The van der Waals surface area contributed by atoms with Gasteiger partial charge in [0.1, 0.15) is 27.1 Å². The van der Waals surface area contributed by atoms with Crippen LogP contribution in [-0.4, -0.2) is 29.7 Å². The van der Waals surface area contributed by atoms with Gasteiger partial charge < -0.3 is 16.0 Å². The zero-order valence-electron chi connectivity index (χ0n) is 20.8. The Balaban J connectivity index is 1.66. The summed E-state index contributed by atoms with van der Waals surface area (Å²) in [6.07, 6.45) is 0. The Morgan fingerprint density at radius 3 is 2.05 bits per heavy atom. The number of H-pyrrole nitrogens is 1. The second kappa shape index (κ2) is 11.0. The van der Waals surface area contributed by atoms with Crippen LogP contribution in [0.4, 0.5) is 22.0 Å². The minimum Gasteiger partial charge on any atom is -0.384 e. The molecule has 11 nitrogen and oxygen atoms in total. The van der Waals surface area contributed by atoms with Gasteiger partial charge in [-0.3, -0.25) is 19.6 Å². The number of anilines is 3. The number of amides is 3. The van der Waals surface area contributed by atoms with Crippen molar-refractivity contribution in [2.24, 2.45) is 0 Å². The number of carbonyl (C=O) groups excluding carboxylic acids is 2. The van der Waals surface area contributed by atoms with Gasteiger partial charge in [-0.25, -0.2) is 17.6 Å². The number of fused-ring (bicyclic) bond motifs is 1. The Bertz CT molecular complexity index is 1960. The van der Waals surface area contributed by atoms with E-state index in [0.29, 0.717) is 16.3 Å². The van der Waals surface area contributed by atoms with Crippen LogP contribution < -0.4 is 26.6 Å². The second-order valence-corrected chi connectivity index (χ2v) is 11.1. The summed E-state index contributed by atoms with van der Waals surface area (Å²) >= 11 is 12.7. The summed E-state index contributed by atoms with van der Waals surface area (Å²) in [7, 11) is -4.41. The molecule has 14 heteroatoms. The van der Waals surface area contributed by atoms with Gasteiger partial charge in [0.15, 0.2) is 0 Å². The van der Waals surface area contributed by atoms with Gasteiger partial charge in [0, 0.05) is 22.0 Å². The molecule has 0 saturated heterocycles. The molecule has 0 aliphatic carbocycles. The highest BCUT2D eigenvalue weighted by molar-refractivity contribution is 7.93. The van der Waals surface area contributed by atoms with E-state index in [1.165, 1.54) is 24.3 Å². The molecular formula is C27H20Cl2N6O5S. The monoisotopic (exact) mass is 610 g/mol. The molecule has 2 heterocycles. The minimum atomic E-state index is -4.41. The van der Waals surface area contributed by atoms with E-state index in [9.17, 15) is 22.8 Å². The maximum atomic E-state index is 13.7. The first-order valence-electron chi connectivity index (χ1n) is 11.8. The number of hydrogen-bond donors (Lipinski definition) is 5. The van der Waals surface area contributed by atoms with E-state index in [4.69, 9.17) is 28.9 Å². The Morgan fingerprint density at radius 2 is 1.44 bits per heavy atom. The fraction of sp³-hybridized carbons (Fsp3) is 0. The van der Waals surface area contributed by atoms with E-state index in [1.54, 1.807) is 60.7 Å². The van der Waals surface area contributed by atoms with Crippen LogP contribution in [0.2, 0.25) is 10.2 Å². The Kier molecular flexibility index (Phi) is 7.45. The van der Waals surface area contributed by atoms with Gasteiger partial charge in [-0.15, -0.1) is 0 Å². The number of hydrogen-bond acceptors (Lipinski definition) is 6. The molecule has 0 aliphatic rings. The highest BCUT2D eigenvalue weighted by atomic mass is 35.5. The van der Waals surface area contributed by atoms with E-state index in [0.717, 1.165) is 4.40 Å². The first kappa shape index (κ1) is 27.8. The molecule has 0 radical (unpaired) electrons. The summed E-state index contributed by atoms with van der Waals surface area (Å²) in [4.78, 5) is 41.3. The van der Waals surface area contributed by atoms with Crippen LogP contribution in [0.15, 0.2) is 94.6 Å². The zero-order chi connectivity index (χ0) is 29.3. The number of urea groups is 1. The number of nitrogens with two attached hydrogens (primary N) is 1. The predicted octanol–water partition coefficient (Wildman–Crippen LogP) is 4.95. The van der Waals surface area contributed by atoms with Crippen molar-refractivity contribution in [1.29, 1.82) is 0 Å². The molecular weight excluding hydrogens is 591 g/mol. The van der Waals surface area contributed by atoms with Gasteiger partial charge in [0.25, 0.3) is 21.5 Å². The number of imide groups is 1. The molecule has 5 rings (SSSR count). The lowest BCUT2D eigenvalue weighted by molar-refractivity contribution is 0.0966. The molecule has 0 spiro atoms. The standard InChI is InChI=1S/C27H20Cl2N6O5S/c28-16-13-11-15(12-14-16)19-21(41(39,40)34-18-9-5-2-6-10-18)24-32-23(30)20(26(37)35(24)22(19)29)25(36)33-27(38)31-17-7-3-1-4-8-17/h1-14,32,34H,30H2,(H2,31,33,36,38). The van der Waals surface area contributed by atoms with E-state index in [2.05, 4.69) is 15.0 Å². The van der Waals surface area contributed by atoms with Crippen molar-refractivity contribution in [3.63, 3.8) is 0 Å². The first-order valence-corrected chi connectivity index (χ1v) is 14.1. The highest BCUT2D eigenvalue weighted by Crippen LogP contribution is 2.39. The van der Waals surface area contributed by atoms with Gasteiger partial charge in [-0.1, -0.05) is 71.7 Å².